The van der Waals surface area contributed by atoms with Crippen LogP contribution in [-0.2, 0) is 0 Å². The summed E-state index contributed by atoms with van der Waals surface area (Å²) in [4.78, 5) is 18.0. The number of amides is 1. The number of aliphatic hydroxyl groups is 1. The first-order chi connectivity index (χ1) is 8.55. The Kier molecular flexibility index (Phi) is 2.73. The van der Waals surface area contributed by atoms with Crippen LogP contribution in [-0.4, -0.2) is 39.6 Å². The second kappa shape index (κ2) is 4.15. The van der Waals surface area contributed by atoms with Crippen LogP contribution in [0.4, 0.5) is 0 Å². The Morgan fingerprint density at radius 2 is 2.28 bits per heavy atom. The fourth-order valence-corrected chi connectivity index (χ4v) is 3.48. The molecule has 6 heteroatoms. The molecule has 3 rings (SSSR count). The standard InChI is InChI=1S/C12H12N2O2S2/c1-12(16)6-14(7-12)11(15)9-5-18-10(13-9)8-2-3-17-4-8/h2-5,16H,6-7H2,1H3. The maximum Gasteiger partial charge on any atom is 0.273 e. The molecule has 1 amide bonds. The van der Waals surface area contributed by atoms with Gasteiger partial charge in [-0.2, -0.15) is 11.3 Å². The minimum Gasteiger partial charge on any atom is -0.386 e. The molecule has 1 aliphatic rings. The predicted molar refractivity (Wildman–Crippen MR) is 72.0 cm³/mol. The van der Waals surface area contributed by atoms with Crippen molar-refractivity contribution >= 4 is 28.6 Å². The van der Waals surface area contributed by atoms with Crippen LogP contribution in [0.3, 0.4) is 0 Å². The summed E-state index contributed by atoms with van der Waals surface area (Å²) >= 11 is 3.09. The van der Waals surface area contributed by atoms with Crippen LogP contribution < -0.4 is 0 Å². The molecule has 0 aliphatic carbocycles. The van der Waals surface area contributed by atoms with Crippen molar-refractivity contribution in [3.05, 3.63) is 27.9 Å². The van der Waals surface area contributed by atoms with E-state index in [1.807, 2.05) is 16.8 Å². The van der Waals surface area contributed by atoms with E-state index in [0.717, 1.165) is 10.6 Å². The van der Waals surface area contributed by atoms with Gasteiger partial charge in [0.25, 0.3) is 5.91 Å². The zero-order chi connectivity index (χ0) is 12.8. The van der Waals surface area contributed by atoms with E-state index in [4.69, 9.17) is 0 Å². The molecule has 18 heavy (non-hydrogen) atoms. The topological polar surface area (TPSA) is 53.4 Å². The van der Waals surface area contributed by atoms with Crippen molar-refractivity contribution in [1.29, 1.82) is 0 Å². The van der Waals surface area contributed by atoms with Crippen LogP contribution in [0.15, 0.2) is 22.2 Å². The van der Waals surface area contributed by atoms with Crippen LogP contribution in [0.1, 0.15) is 17.4 Å². The highest BCUT2D eigenvalue weighted by molar-refractivity contribution is 7.14. The lowest BCUT2D eigenvalue weighted by Gasteiger charge is -2.43. The molecule has 0 radical (unpaired) electrons. The van der Waals surface area contributed by atoms with E-state index in [0.29, 0.717) is 18.8 Å². The van der Waals surface area contributed by atoms with Gasteiger partial charge in [-0.25, -0.2) is 4.98 Å². The van der Waals surface area contributed by atoms with E-state index in [2.05, 4.69) is 4.98 Å². The zero-order valence-corrected chi connectivity index (χ0v) is 11.4. The van der Waals surface area contributed by atoms with Gasteiger partial charge in [-0.05, 0) is 18.4 Å². The number of hydrogen-bond acceptors (Lipinski definition) is 5. The number of aromatic nitrogens is 1. The Labute approximate surface area is 113 Å². The number of nitrogens with zero attached hydrogens (tertiary/aromatic N) is 2. The Morgan fingerprint density at radius 1 is 1.50 bits per heavy atom. The molecule has 0 spiro atoms. The Morgan fingerprint density at radius 3 is 2.89 bits per heavy atom. The second-order valence-electron chi connectivity index (χ2n) is 4.71. The average molecular weight is 280 g/mol. The summed E-state index contributed by atoms with van der Waals surface area (Å²) in [6.45, 7) is 2.50. The average Bonchev–Trinajstić information content (AvgIpc) is 2.94. The summed E-state index contributed by atoms with van der Waals surface area (Å²) in [6, 6.07) is 1.99. The summed E-state index contributed by atoms with van der Waals surface area (Å²) in [7, 11) is 0. The number of rotatable bonds is 2. The van der Waals surface area contributed by atoms with Crippen molar-refractivity contribution in [2.45, 2.75) is 12.5 Å². The lowest BCUT2D eigenvalue weighted by atomic mass is 9.97. The van der Waals surface area contributed by atoms with E-state index in [1.165, 1.54) is 11.3 Å². The summed E-state index contributed by atoms with van der Waals surface area (Å²) in [5.41, 5.74) is 0.790. The first-order valence-corrected chi connectivity index (χ1v) is 7.37. The molecule has 1 saturated heterocycles. The Hall–Kier alpha value is -1.24. The van der Waals surface area contributed by atoms with Crippen molar-refractivity contribution in [2.24, 2.45) is 0 Å². The van der Waals surface area contributed by atoms with Crippen LogP contribution in [0, 0.1) is 0 Å². The summed E-state index contributed by atoms with van der Waals surface area (Å²) in [5, 5.41) is 16.3. The summed E-state index contributed by atoms with van der Waals surface area (Å²) < 4.78 is 0. The molecule has 0 aromatic carbocycles. The second-order valence-corrected chi connectivity index (χ2v) is 6.35. The minimum atomic E-state index is -0.734. The number of carbonyl (C=O) groups is 1. The number of β-amino-alcohol motifs (C(OH)–C–C–N with tert-alkyl or cyclic N) is 1. The van der Waals surface area contributed by atoms with Gasteiger partial charge in [-0.1, -0.05) is 0 Å². The molecule has 3 heterocycles. The van der Waals surface area contributed by atoms with Crippen LogP contribution in [0.2, 0.25) is 0 Å². The molecule has 4 nitrogen and oxygen atoms in total. The lowest BCUT2D eigenvalue weighted by Crippen LogP contribution is -2.61. The third-order valence-corrected chi connectivity index (χ3v) is 4.42. The molecule has 2 aromatic heterocycles. The van der Waals surface area contributed by atoms with Gasteiger partial charge in [0, 0.05) is 16.3 Å². The van der Waals surface area contributed by atoms with E-state index < -0.39 is 5.60 Å². The molecular formula is C12H12N2O2S2. The van der Waals surface area contributed by atoms with E-state index >= 15 is 0 Å². The number of carbonyl (C=O) groups excluding carboxylic acids is 1. The van der Waals surface area contributed by atoms with Gasteiger partial charge < -0.3 is 10.0 Å². The predicted octanol–water partition coefficient (Wildman–Crippen LogP) is 2.08. The van der Waals surface area contributed by atoms with Gasteiger partial charge in [0.15, 0.2) is 0 Å². The molecule has 1 aliphatic heterocycles. The van der Waals surface area contributed by atoms with E-state index in [-0.39, 0.29) is 5.91 Å². The molecule has 2 aromatic rings. The molecule has 1 N–H and O–H groups in total. The van der Waals surface area contributed by atoms with Crippen molar-refractivity contribution in [3.63, 3.8) is 0 Å². The molecule has 94 valence electrons. The maximum atomic E-state index is 12.1. The first kappa shape index (κ1) is 11.8. The first-order valence-electron chi connectivity index (χ1n) is 5.55. The Bertz CT molecular complexity index is 567. The maximum absolute atomic E-state index is 12.1. The van der Waals surface area contributed by atoms with Gasteiger partial charge in [-0.3, -0.25) is 4.79 Å². The normalized spacial score (nSPS) is 17.6. The number of thiazole rings is 1. The highest BCUT2D eigenvalue weighted by Gasteiger charge is 2.40. The monoisotopic (exact) mass is 280 g/mol. The van der Waals surface area contributed by atoms with Gasteiger partial charge in [0.2, 0.25) is 0 Å². The van der Waals surface area contributed by atoms with Crippen molar-refractivity contribution in [3.8, 4) is 10.6 Å². The van der Waals surface area contributed by atoms with Gasteiger partial charge in [-0.15, -0.1) is 11.3 Å². The van der Waals surface area contributed by atoms with Crippen LogP contribution in [0.5, 0.6) is 0 Å². The summed E-state index contributed by atoms with van der Waals surface area (Å²) in [6.07, 6.45) is 0. The number of thiophene rings is 1. The zero-order valence-electron chi connectivity index (χ0n) is 9.79. The molecule has 0 bridgehead atoms. The molecular weight excluding hydrogens is 268 g/mol. The van der Waals surface area contributed by atoms with Gasteiger partial charge in [0.05, 0.1) is 18.7 Å². The largest absolute Gasteiger partial charge is 0.386 e. The number of hydrogen-bond donors (Lipinski definition) is 1. The van der Waals surface area contributed by atoms with Crippen LogP contribution >= 0.6 is 22.7 Å². The van der Waals surface area contributed by atoms with Gasteiger partial charge in [0.1, 0.15) is 10.7 Å². The van der Waals surface area contributed by atoms with Crippen molar-refractivity contribution in [1.82, 2.24) is 9.88 Å². The highest BCUT2D eigenvalue weighted by Crippen LogP contribution is 2.28. The molecule has 0 atom stereocenters. The van der Waals surface area contributed by atoms with Crippen LogP contribution in [0.25, 0.3) is 10.6 Å². The molecule has 0 saturated carbocycles. The smallest absolute Gasteiger partial charge is 0.273 e. The Balaban J connectivity index is 1.76. The quantitative estimate of drug-likeness (QED) is 0.916. The van der Waals surface area contributed by atoms with E-state index in [1.54, 1.807) is 28.5 Å². The summed E-state index contributed by atoms with van der Waals surface area (Å²) in [5.74, 6) is -0.0979. The van der Waals surface area contributed by atoms with Crippen molar-refractivity contribution < 1.29 is 9.90 Å². The highest BCUT2D eigenvalue weighted by atomic mass is 32.1. The van der Waals surface area contributed by atoms with Gasteiger partial charge >= 0.3 is 0 Å². The number of likely N-dealkylation sites (tertiary alicyclic amines) is 1. The fraction of sp³-hybridized carbons (Fsp3) is 0.333. The van der Waals surface area contributed by atoms with Crippen molar-refractivity contribution in [2.75, 3.05) is 13.1 Å². The SMILES string of the molecule is CC1(O)CN(C(=O)c2csc(-c3ccsc3)n2)C1. The fourth-order valence-electron chi connectivity index (χ4n) is 1.97. The minimum absolute atomic E-state index is 0.0979. The van der Waals surface area contributed by atoms with E-state index in [9.17, 15) is 9.90 Å². The third-order valence-electron chi connectivity index (χ3n) is 2.84. The molecule has 0 unspecified atom stereocenters. The molecule has 1 fully saturated rings. The lowest BCUT2D eigenvalue weighted by molar-refractivity contribution is -0.0670. The third kappa shape index (κ3) is 2.07.